The molecular formula is C23H28N2O2. The first-order chi connectivity index (χ1) is 13.1. The van der Waals surface area contributed by atoms with Gasteiger partial charge in [0.05, 0.1) is 0 Å². The van der Waals surface area contributed by atoms with Gasteiger partial charge in [-0.15, -0.1) is 0 Å². The molecule has 142 valence electrons. The van der Waals surface area contributed by atoms with Crippen LogP contribution in [0.3, 0.4) is 0 Å². The van der Waals surface area contributed by atoms with Crippen molar-refractivity contribution >= 4 is 11.0 Å². The Bertz CT molecular complexity index is 932. The van der Waals surface area contributed by atoms with Crippen LogP contribution in [0.5, 0.6) is 0 Å². The Balaban J connectivity index is 1.71. The normalized spacial score (nSPS) is 12.6. The Labute approximate surface area is 160 Å². The van der Waals surface area contributed by atoms with E-state index < -0.39 is 0 Å². The predicted octanol–water partition coefficient (Wildman–Crippen LogP) is 3.62. The number of rotatable bonds is 8. The van der Waals surface area contributed by atoms with E-state index in [4.69, 9.17) is 4.42 Å². The lowest BCUT2D eigenvalue weighted by atomic mass is 10.0. The molecule has 0 aliphatic carbocycles. The van der Waals surface area contributed by atoms with Crippen LogP contribution >= 0.6 is 0 Å². The highest BCUT2D eigenvalue weighted by Crippen LogP contribution is 2.19. The average molecular weight is 364 g/mol. The third-order valence-electron chi connectivity index (χ3n) is 5.04. The van der Waals surface area contributed by atoms with E-state index in [1.54, 1.807) is 6.07 Å². The molecule has 27 heavy (non-hydrogen) atoms. The molecule has 2 aromatic carbocycles. The highest BCUT2D eigenvalue weighted by atomic mass is 16.4. The van der Waals surface area contributed by atoms with E-state index in [1.165, 1.54) is 11.1 Å². The Hall–Kier alpha value is -2.43. The van der Waals surface area contributed by atoms with Crippen LogP contribution in [0.1, 0.15) is 23.6 Å². The second kappa shape index (κ2) is 8.98. The minimum Gasteiger partial charge on any atom is -0.423 e. The van der Waals surface area contributed by atoms with Gasteiger partial charge in [0.25, 0.3) is 0 Å². The van der Waals surface area contributed by atoms with Gasteiger partial charge in [-0.25, -0.2) is 4.79 Å². The van der Waals surface area contributed by atoms with Crippen LogP contribution in [0.25, 0.3) is 11.0 Å². The standard InChI is InChI=1S/C23H28N2O2/c1-4-17-10-11-21-19(14-23(26)27-22(21)13-17)15-24-16-20(25(2)3)12-18-8-6-5-7-9-18/h5-11,13-14,20,24H,4,12,15-16H2,1-3H3/t20-/m0/s1. The van der Waals surface area contributed by atoms with Crippen molar-refractivity contribution in [3.05, 3.63) is 81.7 Å². The molecule has 1 heterocycles. The van der Waals surface area contributed by atoms with E-state index in [-0.39, 0.29) is 5.63 Å². The van der Waals surface area contributed by atoms with Crippen molar-refractivity contribution in [2.24, 2.45) is 0 Å². The van der Waals surface area contributed by atoms with Crippen LogP contribution in [-0.2, 0) is 19.4 Å². The number of nitrogens with one attached hydrogen (secondary N) is 1. The fraction of sp³-hybridized carbons (Fsp3) is 0.348. The molecule has 0 aliphatic heterocycles. The SMILES string of the molecule is CCc1ccc2c(CNC[C@H](Cc3ccccc3)N(C)C)cc(=O)oc2c1. The molecule has 1 N–H and O–H groups in total. The summed E-state index contributed by atoms with van der Waals surface area (Å²) in [4.78, 5) is 14.2. The smallest absolute Gasteiger partial charge is 0.336 e. The van der Waals surface area contributed by atoms with Crippen molar-refractivity contribution in [2.45, 2.75) is 32.4 Å². The van der Waals surface area contributed by atoms with Crippen LogP contribution in [0, 0.1) is 0 Å². The highest BCUT2D eigenvalue weighted by Gasteiger charge is 2.13. The first-order valence-corrected chi connectivity index (χ1v) is 9.53. The van der Waals surface area contributed by atoms with Crippen molar-refractivity contribution in [3.8, 4) is 0 Å². The maximum atomic E-state index is 11.9. The number of likely N-dealkylation sites (N-methyl/N-ethyl adjacent to an activating group) is 1. The van der Waals surface area contributed by atoms with Gasteiger partial charge in [0.2, 0.25) is 0 Å². The van der Waals surface area contributed by atoms with Gasteiger partial charge in [-0.05, 0) is 49.7 Å². The van der Waals surface area contributed by atoms with Gasteiger partial charge < -0.3 is 14.6 Å². The van der Waals surface area contributed by atoms with Gasteiger partial charge in [-0.2, -0.15) is 0 Å². The van der Waals surface area contributed by atoms with Crippen molar-refractivity contribution in [2.75, 3.05) is 20.6 Å². The zero-order valence-electron chi connectivity index (χ0n) is 16.4. The summed E-state index contributed by atoms with van der Waals surface area (Å²) in [5.74, 6) is 0. The first kappa shape index (κ1) is 19.3. The van der Waals surface area contributed by atoms with E-state index in [1.807, 2.05) is 12.1 Å². The minimum absolute atomic E-state index is 0.291. The van der Waals surface area contributed by atoms with E-state index >= 15 is 0 Å². The average Bonchev–Trinajstić information content (AvgIpc) is 2.67. The second-order valence-electron chi connectivity index (χ2n) is 7.21. The molecule has 0 saturated heterocycles. The molecule has 0 spiro atoms. The van der Waals surface area contributed by atoms with Gasteiger partial charge in [-0.3, -0.25) is 0 Å². The maximum Gasteiger partial charge on any atom is 0.336 e. The fourth-order valence-corrected chi connectivity index (χ4v) is 3.34. The van der Waals surface area contributed by atoms with Crippen LogP contribution in [0.15, 0.2) is 63.8 Å². The minimum atomic E-state index is -0.291. The monoisotopic (exact) mass is 364 g/mol. The number of nitrogens with zero attached hydrogens (tertiary/aromatic N) is 1. The molecule has 1 atom stereocenters. The molecule has 4 heteroatoms. The third-order valence-corrected chi connectivity index (χ3v) is 5.04. The number of hydrogen-bond acceptors (Lipinski definition) is 4. The van der Waals surface area contributed by atoms with E-state index in [2.05, 4.69) is 67.6 Å². The summed E-state index contributed by atoms with van der Waals surface area (Å²) in [6.07, 6.45) is 1.91. The van der Waals surface area contributed by atoms with Crippen LogP contribution in [-0.4, -0.2) is 31.6 Å². The Kier molecular flexibility index (Phi) is 6.43. The fourth-order valence-electron chi connectivity index (χ4n) is 3.34. The maximum absolute atomic E-state index is 11.9. The Morgan fingerprint density at radius 2 is 1.81 bits per heavy atom. The van der Waals surface area contributed by atoms with Crippen LogP contribution < -0.4 is 10.9 Å². The molecule has 0 saturated carbocycles. The zero-order chi connectivity index (χ0) is 19.2. The molecule has 0 unspecified atom stereocenters. The quantitative estimate of drug-likeness (QED) is 0.620. The van der Waals surface area contributed by atoms with Gasteiger partial charge >= 0.3 is 5.63 Å². The molecule has 0 aliphatic rings. The number of fused-ring (bicyclic) bond motifs is 1. The molecular weight excluding hydrogens is 336 g/mol. The molecule has 3 rings (SSSR count). The summed E-state index contributed by atoms with van der Waals surface area (Å²) in [5, 5.41) is 4.53. The van der Waals surface area contributed by atoms with Gasteiger partial charge in [0, 0.05) is 30.6 Å². The predicted molar refractivity (Wildman–Crippen MR) is 111 cm³/mol. The number of benzene rings is 2. The van der Waals surface area contributed by atoms with Crippen molar-refractivity contribution < 1.29 is 4.42 Å². The largest absolute Gasteiger partial charge is 0.423 e. The topological polar surface area (TPSA) is 45.5 Å². The van der Waals surface area contributed by atoms with Gasteiger partial charge in [0.1, 0.15) is 5.58 Å². The Morgan fingerprint density at radius 3 is 2.52 bits per heavy atom. The first-order valence-electron chi connectivity index (χ1n) is 9.53. The number of aryl methyl sites for hydroxylation is 1. The van der Waals surface area contributed by atoms with Gasteiger partial charge in [-0.1, -0.05) is 49.4 Å². The molecule has 3 aromatic rings. The van der Waals surface area contributed by atoms with E-state index in [0.29, 0.717) is 18.2 Å². The van der Waals surface area contributed by atoms with Crippen molar-refractivity contribution in [3.63, 3.8) is 0 Å². The summed E-state index contributed by atoms with van der Waals surface area (Å²) in [6, 6.07) is 18.6. The highest BCUT2D eigenvalue weighted by molar-refractivity contribution is 5.80. The number of hydrogen-bond donors (Lipinski definition) is 1. The molecule has 0 fully saturated rings. The molecule has 0 radical (unpaired) electrons. The van der Waals surface area contributed by atoms with E-state index in [0.717, 1.165) is 30.3 Å². The molecule has 0 amide bonds. The summed E-state index contributed by atoms with van der Waals surface area (Å²) in [5.41, 5.74) is 3.87. The third kappa shape index (κ3) is 5.06. The van der Waals surface area contributed by atoms with Crippen LogP contribution in [0.2, 0.25) is 0 Å². The zero-order valence-corrected chi connectivity index (χ0v) is 16.4. The molecule has 4 nitrogen and oxygen atoms in total. The Morgan fingerprint density at radius 1 is 1.04 bits per heavy atom. The summed E-state index contributed by atoms with van der Waals surface area (Å²) >= 11 is 0. The summed E-state index contributed by atoms with van der Waals surface area (Å²) in [6.45, 7) is 3.59. The van der Waals surface area contributed by atoms with Crippen molar-refractivity contribution in [1.29, 1.82) is 0 Å². The van der Waals surface area contributed by atoms with Crippen LogP contribution in [0.4, 0.5) is 0 Å². The molecule has 0 bridgehead atoms. The van der Waals surface area contributed by atoms with E-state index in [9.17, 15) is 4.79 Å². The second-order valence-corrected chi connectivity index (χ2v) is 7.21. The van der Waals surface area contributed by atoms with Gasteiger partial charge in [0.15, 0.2) is 0 Å². The summed E-state index contributed by atoms with van der Waals surface area (Å²) in [7, 11) is 4.21. The van der Waals surface area contributed by atoms with Crippen molar-refractivity contribution in [1.82, 2.24) is 10.2 Å². The lowest BCUT2D eigenvalue weighted by molar-refractivity contribution is 0.281. The summed E-state index contributed by atoms with van der Waals surface area (Å²) < 4.78 is 5.40. The lowest BCUT2D eigenvalue weighted by Gasteiger charge is -2.25. The lowest BCUT2D eigenvalue weighted by Crippen LogP contribution is -2.39. The molecule has 1 aromatic heterocycles.